The number of ketones is 1. The molecule has 43 heteroatoms. The minimum Gasteiger partial charge on any atom is -0.466 e. The Morgan fingerprint density at radius 2 is 1.19 bits per heavy atom. The molecule has 10 aromatic heterocycles. The molecule has 0 aliphatic rings. The van der Waals surface area contributed by atoms with Crippen molar-refractivity contribution < 1.29 is 65.8 Å². The van der Waals surface area contributed by atoms with E-state index in [1.165, 1.54) is 10.6 Å². The maximum absolute atomic E-state index is 12.5. The highest BCUT2D eigenvalue weighted by Crippen LogP contribution is 2.27. The summed E-state index contributed by atoms with van der Waals surface area (Å²) < 4.78 is 32.0. The number of aliphatic hydroxyl groups excluding tert-OH is 2. The Kier molecular flexibility index (Phi) is 48.7. The SMILES string of the molecule is CCC(C=O)NC(=O)CCl.CCC(CO)NC(=O)CCl.CCC(N)CO.CCOC(=O)CC(=O)c1ccc2n[nH]nc2c1.CCc1coc(-c2c[nH]n3c(=O)cc(-c4ccc5n[nH]nc5c4)nc23)n1.CCc1coc(-c2cn[nH]c2N)n1.CCc1coc(CCl)n1.O=C(Cl)CCl.[C-]#[N+]/C(=C\N(C)C)c1nc(CC)co1.[C-]#[N+]Cc1nc(CC)co1. The molecular weight excluding hydrogens is 1660 g/mol. The number of nitrogens with zero attached hydrogens (tertiary/aromatic N) is 15. The fourth-order valence-electron chi connectivity index (χ4n) is 8.74. The molecule has 0 aliphatic heterocycles. The predicted octanol–water partition coefficient (Wildman–Crippen LogP) is 11.3. The van der Waals surface area contributed by atoms with Crippen molar-refractivity contribution in [1.29, 1.82) is 0 Å². The van der Waals surface area contributed by atoms with Crippen LogP contribution in [0.3, 0.4) is 0 Å². The normalized spacial score (nSPS) is 11.1. The largest absolute Gasteiger partial charge is 0.466 e. The number of aromatic nitrogens is 16. The molecule has 12 N–H and O–H groups in total. The summed E-state index contributed by atoms with van der Waals surface area (Å²) in [5, 5.41) is 51.5. The van der Waals surface area contributed by atoms with Gasteiger partial charge in [-0.1, -0.05) is 61.5 Å². The van der Waals surface area contributed by atoms with E-state index in [2.05, 4.69) is 96.3 Å². The number of benzene rings is 2. The van der Waals surface area contributed by atoms with Gasteiger partial charge in [0.15, 0.2) is 11.4 Å². The average molecular weight is 1760 g/mol. The number of rotatable bonds is 27. The third-order valence-electron chi connectivity index (χ3n) is 15.3. The number of anilines is 1. The summed E-state index contributed by atoms with van der Waals surface area (Å²) in [6, 6.07) is 11.4. The first-order chi connectivity index (χ1) is 57.7. The Bertz CT molecular complexity index is 5190. The molecule has 0 saturated heterocycles. The molecule has 0 radical (unpaired) electrons. The number of halogens is 5. The smallest absolute Gasteiger partial charge is 0.313 e. The molecule has 0 bridgehead atoms. The van der Waals surface area contributed by atoms with Crippen molar-refractivity contribution in [2.45, 2.75) is 151 Å². The Labute approximate surface area is 715 Å². The van der Waals surface area contributed by atoms with Gasteiger partial charge in [0.2, 0.25) is 40.6 Å². The van der Waals surface area contributed by atoms with E-state index in [9.17, 15) is 33.6 Å². The number of nitrogens with one attached hydrogen (secondary N) is 6. The number of carbonyl (C=O) groups is 6. The summed E-state index contributed by atoms with van der Waals surface area (Å²) in [5.74, 6) is 1.73. The number of aromatic amines is 4. The lowest BCUT2D eigenvalue weighted by Crippen LogP contribution is -2.37. The lowest BCUT2D eigenvalue weighted by atomic mass is 10.1. The minimum atomic E-state index is -0.516. The number of carbonyl (C=O) groups excluding carboxylic acids is 6. The second kappa shape index (κ2) is 57.2. The van der Waals surface area contributed by atoms with Crippen molar-refractivity contribution in [3.05, 3.63) is 177 Å². The van der Waals surface area contributed by atoms with E-state index in [-0.39, 0.29) is 91.7 Å². The topological polar surface area (TPSA) is 532 Å². The highest BCUT2D eigenvalue weighted by molar-refractivity contribution is 6.67. The predicted molar refractivity (Wildman–Crippen MR) is 453 cm³/mol. The van der Waals surface area contributed by atoms with Crippen LogP contribution in [0.4, 0.5) is 5.82 Å². The number of hydrogen-bond donors (Lipinski definition) is 10. The van der Waals surface area contributed by atoms with Crippen LogP contribution in [-0.4, -0.2) is 200 Å². The average Bonchev–Trinajstić information content (AvgIpc) is 1.64. The minimum absolute atomic E-state index is 0.00926. The second-order valence-electron chi connectivity index (χ2n) is 24.4. The van der Waals surface area contributed by atoms with Crippen molar-refractivity contribution >= 4 is 132 Å². The maximum Gasteiger partial charge on any atom is 0.313 e. The van der Waals surface area contributed by atoms with Crippen LogP contribution in [0.2, 0.25) is 0 Å². The first-order valence-electron chi connectivity index (χ1n) is 37.1. The van der Waals surface area contributed by atoms with Crippen molar-refractivity contribution in [1.82, 2.24) is 96.1 Å². The molecular formula is C77H98Cl5N23O15. The molecule has 646 valence electrons. The Hall–Kier alpha value is -12.0. The number of Topliss-reactive ketones (excluding diaryl/α,β-unsaturated/α-hetero) is 1. The molecule has 0 saturated carbocycles. The monoisotopic (exact) mass is 1760 g/mol. The Morgan fingerprint density at radius 1 is 0.658 bits per heavy atom. The number of nitrogen functional groups attached to an aromatic ring is 1. The molecule has 10 heterocycles. The highest BCUT2D eigenvalue weighted by atomic mass is 35.5. The van der Waals surface area contributed by atoms with E-state index in [1.54, 1.807) is 79.9 Å². The number of H-pyrrole nitrogens is 4. The molecule has 38 nitrogen and oxygen atoms in total. The van der Waals surface area contributed by atoms with Gasteiger partial charge in [-0.2, -0.15) is 35.9 Å². The number of aryl methyl sites for hydroxylation is 5. The molecule has 0 aliphatic carbocycles. The Morgan fingerprint density at radius 3 is 1.64 bits per heavy atom. The molecule has 120 heavy (non-hydrogen) atoms. The quantitative estimate of drug-likeness (QED) is 0.00435. The maximum atomic E-state index is 12.5. The summed E-state index contributed by atoms with van der Waals surface area (Å²) in [4.78, 5) is 110. The molecule has 0 spiro atoms. The van der Waals surface area contributed by atoms with E-state index in [0.29, 0.717) is 104 Å². The van der Waals surface area contributed by atoms with Gasteiger partial charge in [0.25, 0.3) is 23.7 Å². The zero-order chi connectivity index (χ0) is 89.1. The summed E-state index contributed by atoms with van der Waals surface area (Å²) in [7, 11) is 3.71. The number of amides is 2. The van der Waals surface area contributed by atoms with Crippen molar-refractivity contribution in [2.75, 3.05) is 57.3 Å². The number of esters is 1. The molecule has 12 rings (SSSR count). The van der Waals surface area contributed by atoms with Gasteiger partial charge in [0.1, 0.15) is 83.7 Å². The number of hydrogen-bond acceptors (Lipinski definition) is 29. The first kappa shape index (κ1) is 102. The van der Waals surface area contributed by atoms with E-state index < -0.39 is 11.2 Å². The number of aliphatic hydroxyl groups is 2. The van der Waals surface area contributed by atoms with Crippen LogP contribution in [0.25, 0.3) is 77.3 Å². The van der Waals surface area contributed by atoms with E-state index in [0.717, 1.165) is 84.5 Å². The number of aldehydes is 1. The highest BCUT2D eigenvalue weighted by Gasteiger charge is 2.19. The van der Waals surface area contributed by atoms with Gasteiger partial charge in [-0.25, -0.2) is 45.8 Å². The van der Waals surface area contributed by atoms with E-state index in [1.807, 2.05) is 87.7 Å². The van der Waals surface area contributed by atoms with Crippen LogP contribution in [-0.2, 0) is 73.2 Å². The third kappa shape index (κ3) is 36.1. The van der Waals surface area contributed by atoms with Crippen molar-refractivity contribution in [3.63, 3.8) is 0 Å². The van der Waals surface area contributed by atoms with Gasteiger partial charge in [-0.15, -0.1) is 46.4 Å². The Balaban J connectivity index is 0.000000357. The van der Waals surface area contributed by atoms with Crippen LogP contribution in [0, 0.1) is 13.1 Å². The zero-order valence-corrected chi connectivity index (χ0v) is 71.7. The number of ether oxygens (including phenoxy) is 1. The van der Waals surface area contributed by atoms with Gasteiger partial charge in [-0.3, -0.25) is 39.0 Å². The van der Waals surface area contributed by atoms with Gasteiger partial charge < -0.3 is 73.7 Å². The molecule has 3 unspecified atom stereocenters. The number of fused-ring (bicyclic) bond motifs is 3. The van der Waals surface area contributed by atoms with Crippen LogP contribution >= 0.6 is 58.0 Å². The van der Waals surface area contributed by atoms with Crippen LogP contribution < -0.4 is 27.7 Å². The standard InChI is InChI=1S/C17H13N7O2.C11H11N3O3.C10H13N3O.C8H10N4O.C7H8N2O.C6H12ClNO2.C6H10ClNO2.C6H8ClNO.C4H11NO.C2H2Cl2O/c1-2-10-8-26-17(19-10)11-7-18-24-15(25)6-13(20-16(11)24)9-3-4-12-14(5-9)22-23-21-12;1-2-17-11(16)6-10(15)7-3-4-8-9(5-7)13-14-12-8;1-5-8-7-14-10(12-8)9(11-2)6-13(3)4;1-2-5-4-13-8(11-5)6-3-10-12-7(6)9;1-3-6-5-10-7(9-6)4-8-2;2*1-2-5(4-9)8-6(10)3-7;1-2-5-4-9-6(3-7)8-5;1-2-4(5)3-6;3-1-2(4)5/h3-8,18H,2H2,1H3,(H,21,22,23);3-5H,2,6H2,1H3,(H,12,13,14);6-7H,5H2,1,3-4H3;3-4H,2H2,1H3,(H3,9,10,12);5H,3-4H2,1H3;5,9H,2-4H2,1H3,(H,8,10);4-5H,2-3H2,1H3,(H,8,10);4H,2-3H2,1H3;4,6H,2-3,5H2,1H3;1H2/b;;9-6-;;;;;;;. The summed E-state index contributed by atoms with van der Waals surface area (Å²) in [6.45, 7) is 31.5. The lowest BCUT2D eigenvalue weighted by molar-refractivity contribution is -0.142. The number of alkyl halides is 4. The summed E-state index contributed by atoms with van der Waals surface area (Å²) >= 11 is 25.4. The third-order valence-corrected chi connectivity index (χ3v) is 16.6. The fourth-order valence-corrected chi connectivity index (χ4v) is 9.01. The molecule has 3 atom stereocenters. The van der Waals surface area contributed by atoms with Gasteiger partial charge in [0, 0.05) is 49.7 Å². The van der Waals surface area contributed by atoms with Crippen LogP contribution in [0.5, 0.6) is 0 Å². The molecule has 0 fully saturated rings. The fraction of sp³-hybridized carbons (Fsp3) is 0.403. The van der Waals surface area contributed by atoms with E-state index >= 15 is 0 Å². The number of nitrogens with two attached hydrogens (primary N) is 2. The van der Waals surface area contributed by atoms with Crippen LogP contribution in [0.1, 0.15) is 144 Å². The van der Waals surface area contributed by atoms with Crippen molar-refractivity contribution in [3.8, 4) is 34.2 Å². The van der Waals surface area contributed by atoms with Gasteiger partial charge in [0.05, 0.1) is 102 Å². The first-order valence-corrected chi connectivity index (χ1v) is 39.7. The van der Waals surface area contributed by atoms with E-state index in [4.69, 9.17) is 120 Å². The lowest BCUT2D eigenvalue weighted by Gasteiger charge is -2.11. The zero-order valence-electron chi connectivity index (χ0n) is 67.9. The second-order valence-corrected chi connectivity index (χ2v) is 25.9. The van der Waals surface area contributed by atoms with Crippen molar-refractivity contribution in [2.24, 2.45) is 5.73 Å². The summed E-state index contributed by atoms with van der Waals surface area (Å²) in [6.07, 6.45) is 19.8. The summed E-state index contributed by atoms with van der Waals surface area (Å²) in [5.41, 5.74) is 21.8. The van der Waals surface area contributed by atoms with Crippen LogP contribution in [0.15, 0.2) is 119 Å². The molecule has 12 aromatic rings. The van der Waals surface area contributed by atoms with Gasteiger partial charge >= 0.3 is 5.97 Å². The van der Waals surface area contributed by atoms with Gasteiger partial charge in [-0.05, 0) is 100 Å². The molecule has 2 amide bonds. The molecule has 2 aromatic carbocycles. The number of oxazole rings is 5.